The molecule has 0 aliphatic carbocycles. The number of carbonyl (C=O) groups excluding carboxylic acids is 1. The second kappa shape index (κ2) is 12.4. The molecule has 136 valence electrons. The fourth-order valence-electron chi connectivity index (χ4n) is 2.62. The van der Waals surface area contributed by atoms with Gasteiger partial charge in [-0.25, -0.2) is 0 Å². The molecule has 3 unspecified atom stereocenters. The van der Waals surface area contributed by atoms with Crippen LogP contribution in [0.15, 0.2) is 0 Å². The number of unbranched alkanes of at least 4 members (excludes halogenated alkanes) is 2. The Morgan fingerprint density at radius 3 is 2.09 bits per heavy atom. The normalized spacial score (nSPS) is 15.2. The molecular weight excluding hydrogens is 292 g/mol. The number of ether oxygens (including phenoxy) is 1. The molecule has 0 heterocycles. The molecule has 0 aromatic carbocycles. The third-order valence-electron chi connectivity index (χ3n) is 4.50. The zero-order valence-corrected chi connectivity index (χ0v) is 15.6. The molecule has 0 amide bonds. The lowest BCUT2D eigenvalue weighted by atomic mass is 9.94. The van der Waals surface area contributed by atoms with Crippen LogP contribution in [0.2, 0.25) is 0 Å². The third kappa shape index (κ3) is 9.62. The summed E-state index contributed by atoms with van der Waals surface area (Å²) in [5.74, 6) is -1.74. The monoisotopic (exact) mass is 328 g/mol. The number of esters is 1. The van der Waals surface area contributed by atoms with Crippen molar-refractivity contribution in [3.8, 4) is 0 Å². The summed E-state index contributed by atoms with van der Waals surface area (Å²) in [4.78, 5) is 23.7. The van der Waals surface area contributed by atoms with Crippen LogP contribution in [-0.2, 0) is 14.3 Å². The first-order valence-electron chi connectivity index (χ1n) is 9.26. The fourth-order valence-corrected chi connectivity index (χ4v) is 2.62. The van der Waals surface area contributed by atoms with Gasteiger partial charge in [-0.3, -0.25) is 9.59 Å². The van der Waals surface area contributed by atoms with Crippen LogP contribution in [0.5, 0.6) is 0 Å². The second-order valence-electron chi connectivity index (χ2n) is 7.07. The number of carbonyl (C=O) groups is 2. The highest BCUT2D eigenvalue weighted by Gasteiger charge is 2.30. The molecule has 0 saturated carbocycles. The zero-order valence-electron chi connectivity index (χ0n) is 15.6. The van der Waals surface area contributed by atoms with Crippen molar-refractivity contribution in [2.45, 2.75) is 92.1 Å². The van der Waals surface area contributed by atoms with E-state index in [1.807, 2.05) is 0 Å². The summed E-state index contributed by atoms with van der Waals surface area (Å²) in [6.45, 7) is 10.6. The van der Waals surface area contributed by atoms with Gasteiger partial charge in [0.25, 0.3) is 0 Å². The second-order valence-corrected chi connectivity index (χ2v) is 7.07. The summed E-state index contributed by atoms with van der Waals surface area (Å²) in [6.07, 6.45) is 6.76. The Hall–Kier alpha value is -1.06. The quantitative estimate of drug-likeness (QED) is 0.292. The largest absolute Gasteiger partial charge is 0.481 e. The number of hydrogen-bond donors (Lipinski definition) is 1. The standard InChI is InChI=1S/C19H36O4/c1-6-8-9-12-16(18(20)21)19(22)23-17(15(5)7-2)13-10-11-14(3)4/h14-17H,6-13H2,1-5H3,(H,20,21). The van der Waals surface area contributed by atoms with E-state index in [0.717, 1.165) is 44.9 Å². The molecule has 1 N–H and O–H groups in total. The molecule has 0 bridgehead atoms. The molecule has 0 rings (SSSR count). The summed E-state index contributed by atoms with van der Waals surface area (Å²) < 4.78 is 5.62. The summed E-state index contributed by atoms with van der Waals surface area (Å²) in [5, 5.41) is 9.30. The minimum Gasteiger partial charge on any atom is -0.481 e. The van der Waals surface area contributed by atoms with Gasteiger partial charge in [0.1, 0.15) is 6.10 Å². The Balaban J connectivity index is 4.65. The van der Waals surface area contributed by atoms with E-state index in [9.17, 15) is 14.7 Å². The van der Waals surface area contributed by atoms with E-state index < -0.39 is 17.9 Å². The fraction of sp³-hybridized carbons (Fsp3) is 0.895. The molecule has 0 aliphatic heterocycles. The summed E-state index contributed by atoms with van der Waals surface area (Å²) in [5.41, 5.74) is 0. The van der Waals surface area contributed by atoms with E-state index >= 15 is 0 Å². The lowest BCUT2D eigenvalue weighted by Gasteiger charge is -2.25. The van der Waals surface area contributed by atoms with Gasteiger partial charge in [0.15, 0.2) is 5.92 Å². The van der Waals surface area contributed by atoms with Gasteiger partial charge in [-0.05, 0) is 31.1 Å². The van der Waals surface area contributed by atoms with Gasteiger partial charge in [0.2, 0.25) is 0 Å². The Bertz CT molecular complexity index is 338. The SMILES string of the molecule is CCCCCC(C(=O)O)C(=O)OC(CCCC(C)C)C(C)CC. The molecular formula is C19H36O4. The van der Waals surface area contributed by atoms with Crippen molar-refractivity contribution in [3.63, 3.8) is 0 Å². The van der Waals surface area contributed by atoms with Crippen molar-refractivity contribution in [1.82, 2.24) is 0 Å². The Morgan fingerprint density at radius 1 is 0.957 bits per heavy atom. The van der Waals surface area contributed by atoms with Crippen molar-refractivity contribution in [3.05, 3.63) is 0 Å². The number of carboxylic acids is 1. The molecule has 4 heteroatoms. The Labute approximate surface area is 142 Å². The van der Waals surface area contributed by atoms with Crippen LogP contribution in [0, 0.1) is 17.8 Å². The van der Waals surface area contributed by atoms with E-state index in [0.29, 0.717) is 12.3 Å². The van der Waals surface area contributed by atoms with Crippen molar-refractivity contribution < 1.29 is 19.4 Å². The maximum Gasteiger partial charge on any atom is 0.320 e. The van der Waals surface area contributed by atoms with Gasteiger partial charge in [-0.2, -0.15) is 0 Å². The van der Waals surface area contributed by atoms with Crippen molar-refractivity contribution in [1.29, 1.82) is 0 Å². The first-order valence-corrected chi connectivity index (χ1v) is 9.26. The highest BCUT2D eigenvalue weighted by molar-refractivity contribution is 5.93. The van der Waals surface area contributed by atoms with Crippen molar-refractivity contribution in [2.75, 3.05) is 0 Å². The molecule has 23 heavy (non-hydrogen) atoms. The third-order valence-corrected chi connectivity index (χ3v) is 4.50. The maximum absolute atomic E-state index is 12.3. The highest BCUT2D eigenvalue weighted by Crippen LogP contribution is 2.22. The summed E-state index contributed by atoms with van der Waals surface area (Å²) in [7, 11) is 0. The maximum atomic E-state index is 12.3. The Kier molecular flexibility index (Phi) is 11.8. The molecule has 0 aromatic heterocycles. The number of carboxylic acid groups (broad SMARTS) is 1. The van der Waals surface area contributed by atoms with Crippen LogP contribution in [-0.4, -0.2) is 23.1 Å². The lowest BCUT2D eigenvalue weighted by molar-refractivity contribution is -0.165. The topological polar surface area (TPSA) is 63.6 Å². The predicted octanol–water partition coefficient (Wildman–Crippen LogP) is 5.05. The van der Waals surface area contributed by atoms with E-state index in [-0.39, 0.29) is 12.0 Å². The van der Waals surface area contributed by atoms with E-state index in [4.69, 9.17) is 4.74 Å². The Morgan fingerprint density at radius 2 is 1.61 bits per heavy atom. The minimum absolute atomic E-state index is 0.167. The van der Waals surface area contributed by atoms with E-state index in [1.54, 1.807) is 0 Å². The molecule has 0 fully saturated rings. The van der Waals surface area contributed by atoms with E-state index in [1.165, 1.54) is 0 Å². The first-order chi connectivity index (χ1) is 10.8. The zero-order chi connectivity index (χ0) is 17.8. The molecule has 0 saturated heterocycles. The van der Waals surface area contributed by atoms with Gasteiger partial charge >= 0.3 is 11.9 Å². The van der Waals surface area contributed by atoms with Crippen molar-refractivity contribution >= 4 is 11.9 Å². The van der Waals surface area contributed by atoms with Crippen LogP contribution in [0.1, 0.15) is 86.0 Å². The van der Waals surface area contributed by atoms with Crippen LogP contribution in [0.25, 0.3) is 0 Å². The summed E-state index contributed by atoms with van der Waals surface area (Å²) in [6, 6.07) is 0. The van der Waals surface area contributed by atoms with Crippen LogP contribution >= 0.6 is 0 Å². The average Bonchev–Trinajstić information content (AvgIpc) is 2.48. The smallest absolute Gasteiger partial charge is 0.320 e. The van der Waals surface area contributed by atoms with Crippen molar-refractivity contribution in [2.24, 2.45) is 17.8 Å². The minimum atomic E-state index is -1.06. The van der Waals surface area contributed by atoms with Crippen LogP contribution in [0.3, 0.4) is 0 Å². The van der Waals surface area contributed by atoms with E-state index in [2.05, 4.69) is 34.6 Å². The van der Waals surface area contributed by atoms with Gasteiger partial charge in [0, 0.05) is 0 Å². The lowest BCUT2D eigenvalue weighted by Crippen LogP contribution is -2.32. The number of aliphatic carboxylic acids is 1. The average molecular weight is 328 g/mol. The predicted molar refractivity (Wildman–Crippen MR) is 93.3 cm³/mol. The van der Waals surface area contributed by atoms with Crippen LogP contribution in [0.4, 0.5) is 0 Å². The molecule has 0 spiro atoms. The molecule has 0 aliphatic rings. The molecule has 0 radical (unpaired) electrons. The molecule has 3 atom stereocenters. The van der Waals surface area contributed by atoms with Gasteiger partial charge in [0.05, 0.1) is 0 Å². The van der Waals surface area contributed by atoms with Gasteiger partial charge in [-0.15, -0.1) is 0 Å². The summed E-state index contributed by atoms with van der Waals surface area (Å²) >= 11 is 0. The van der Waals surface area contributed by atoms with Gasteiger partial charge in [-0.1, -0.05) is 66.7 Å². The number of hydrogen-bond acceptors (Lipinski definition) is 3. The number of rotatable bonds is 13. The molecule has 0 aromatic rings. The van der Waals surface area contributed by atoms with Crippen LogP contribution < -0.4 is 0 Å². The first kappa shape index (κ1) is 21.9. The van der Waals surface area contributed by atoms with Gasteiger partial charge < -0.3 is 9.84 Å². The highest BCUT2D eigenvalue weighted by atomic mass is 16.5. The molecule has 4 nitrogen and oxygen atoms in total.